The normalized spacial score (nSPS) is 31.0. The minimum Gasteiger partial charge on any atom is -0.497 e. The molecule has 4 nitrogen and oxygen atoms in total. The Balaban J connectivity index is 1.66. The number of carboxylic acid groups (broad SMARTS) is 1. The van der Waals surface area contributed by atoms with Gasteiger partial charge < -0.3 is 15.2 Å². The van der Waals surface area contributed by atoms with E-state index in [-0.39, 0.29) is 6.04 Å². The van der Waals surface area contributed by atoms with Crippen LogP contribution < -0.4 is 10.1 Å². The van der Waals surface area contributed by atoms with Gasteiger partial charge in [-0.15, -0.1) is 0 Å². The van der Waals surface area contributed by atoms with Crippen LogP contribution in [0.1, 0.15) is 52.7 Å². The Morgan fingerprint density at radius 2 is 1.96 bits per heavy atom. The third-order valence-corrected chi connectivity index (χ3v) is 6.80. The summed E-state index contributed by atoms with van der Waals surface area (Å²) in [6.45, 7) is 0. The second-order valence-electron chi connectivity index (χ2n) is 7.91. The van der Waals surface area contributed by atoms with Crippen LogP contribution in [0.4, 0.5) is 5.69 Å². The maximum atomic E-state index is 11.8. The molecule has 2 bridgehead atoms. The second kappa shape index (κ2) is 5.76. The van der Waals surface area contributed by atoms with Crippen molar-refractivity contribution in [1.29, 1.82) is 0 Å². The second-order valence-corrected chi connectivity index (χ2v) is 7.91. The summed E-state index contributed by atoms with van der Waals surface area (Å²) in [5, 5.41) is 13.3. The molecule has 0 unspecified atom stereocenters. The molecule has 2 aliphatic carbocycles. The van der Waals surface area contributed by atoms with Gasteiger partial charge in [0, 0.05) is 0 Å². The molecule has 1 aliphatic heterocycles. The molecule has 2 saturated carbocycles. The molecule has 2 N–H and O–H groups in total. The van der Waals surface area contributed by atoms with E-state index in [1.807, 2.05) is 18.2 Å². The molecule has 2 aromatic carbocycles. The van der Waals surface area contributed by atoms with E-state index in [1.54, 1.807) is 13.2 Å². The molecule has 1 heterocycles. The monoisotopic (exact) mass is 349 g/mol. The molecule has 3 aliphatic rings. The number of para-hydroxylation sites is 1. The molecule has 4 heteroatoms. The third kappa shape index (κ3) is 2.17. The summed E-state index contributed by atoms with van der Waals surface area (Å²) in [5.41, 5.74) is 3.61. The van der Waals surface area contributed by atoms with Crippen LogP contribution in [0.2, 0.25) is 0 Å². The summed E-state index contributed by atoms with van der Waals surface area (Å²) in [6, 6.07) is 14.1. The lowest BCUT2D eigenvalue weighted by Gasteiger charge is -2.44. The molecular weight excluding hydrogens is 326 g/mol. The fraction of sp³-hybridized carbons (Fsp3) is 0.409. The number of ether oxygens (including phenoxy) is 1. The predicted octanol–water partition coefficient (Wildman–Crippen LogP) is 4.69. The predicted molar refractivity (Wildman–Crippen MR) is 99.8 cm³/mol. The van der Waals surface area contributed by atoms with Gasteiger partial charge in [-0.1, -0.05) is 24.3 Å². The van der Waals surface area contributed by atoms with Gasteiger partial charge >= 0.3 is 5.97 Å². The van der Waals surface area contributed by atoms with Crippen LogP contribution in [0, 0.1) is 17.8 Å². The smallest absolute Gasteiger partial charge is 0.337 e. The van der Waals surface area contributed by atoms with E-state index in [9.17, 15) is 9.90 Å². The zero-order chi connectivity index (χ0) is 17.8. The SMILES string of the molecule is COc1cccc([C@H]2Nc3c(C(=O)O)cccc3[C@H]3[C@H]4CC[C@H](C4)[C@H]32)c1. The highest BCUT2D eigenvalue weighted by molar-refractivity contribution is 5.95. The average Bonchev–Trinajstić information content (AvgIpc) is 3.29. The first-order chi connectivity index (χ1) is 12.7. The van der Waals surface area contributed by atoms with Gasteiger partial charge in [0.15, 0.2) is 0 Å². The third-order valence-electron chi connectivity index (χ3n) is 6.80. The van der Waals surface area contributed by atoms with Crippen LogP contribution in [0.25, 0.3) is 0 Å². The van der Waals surface area contributed by atoms with Gasteiger partial charge in [-0.3, -0.25) is 0 Å². The first kappa shape index (κ1) is 15.7. The van der Waals surface area contributed by atoms with Gasteiger partial charge in [0.2, 0.25) is 0 Å². The van der Waals surface area contributed by atoms with E-state index >= 15 is 0 Å². The number of fused-ring (bicyclic) bond motifs is 7. The fourth-order valence-corrected chi connectivity index (χ4v) is 5.86. The Labute approximate surface area is 153 Å². The van der Waals surface area contributed by atoms with Crippen molar-refractivity contribution in [2.24, 2.45) is 17.8 Å². The van der Waals surface area contributed by atoms with Crippen molar-refractivity contribution >= 4 is 11.7 Å². The summed E-state index contributed by atoms with van der Waals surface area (Å²) in [7, 11) is 1.69. The van der Waals surface area contributed by atoms with Crippen LogP contribution in [-0.4, -0.2) is 18.2 Å². The number of carbonyl (C=O) groups is 1. The fourth-order valence-electron chi connectivity index (χ4n) is 5.86. The number of methoxy groups -OCH3 is 1. The Kier molecular flexibility index (Phi) is 3.49. The Bertz CT molecular complexity index is 877. The lowest BCUT2D eigenvalue weighted by atomic mass is 9.67. The van der Waals surface area contributed by atoms with Gasteiger partial charge in [-0.05, 0) is 72.3 Å². The summed E-state index contributed by atoms with van der Waals surface area (Å²) >= 11 is 0. The van der Waals surface area contributed by atoms with Crippen LogP contribution in [-0.2, 0) is 0 Å². The molecule has 0 spiro atoms. The van der Waals surface area contributed by atoms with Crippen LogP contribution in [0.3, 0.4) is 0 Å². The maximum Gasteiger partial charge on any atom is 0.337 e. The van der Waals surface area contributed by atoms with E-state index in [2.05, 4.69) is 23.5 Å². The summed E-state index contributed by atoms with van der Waals surface area (Å²) in [6.07, 6.45) is 3.84. The molecule has 134 valence electrons. The number of hydrogen-bond donors (Lipinski definition) is 2. The zero-order valence-electron chi connectivity index (χ0n) is 14.8. The average molecular weight is 349 g/mol. The Morgan fingerprint density at radius 3 is 2.77 bits per heavy atom. The van der Waals surface area contributed by atoms with Crippen LogP contribution >= 0.6 is 0 Å². The van der Waals surface area contributed by atoms with E-state index in [4.69, 9.17) is 4.74 Å². The summed E-state index contributed by atoms with van der Waals surface area (Å²) < 4.78 is 5.43. The number of aromatic carboxylic acids is 1. The number of anilines is 1. The first-order valence-corrected chi connectivity index (χ1v) is 9.44. The van der Waals surface area contributed by atoms with Gasteiger partial charge in [0.25, 0.3) is 0 Å². The Hall–Kier alpha value is -2.49. The minimum atomic E-state index is -0.861. The number of rotatable bonds is 3. The molecule has 0 saturated heterocycles. The van der Waals surface area contributed by atoms with Gasteiger partial charge in [0.05, 0.1) is 24.4 Å². The number of nitrogens with one attached hydrogen (secondary N) is 1. The number of carboxylic acids is 1. The topological polar surface area (TPSA) is 58.6 Å². The lowest BCUT2D eigenvalue weighted by molar-refractivity contribution is 0.0697. The molecule has 5 rings (SSSR count). The van der Waals surface area contributed by atoms with Gasteiger partial charge in [-0.2, -0.15) is 0 Å². The Morgan fingerprint density at radius 1 is 1.15 bits per heavy atom. The molecule has 2 aromatic rings. The van der Waals surface area contributed by atoms with Crippen molar-refractivity contribution in [2.75, 3.05) is 12.4 Å². The van der Waals surface area contributed by atoms with Crippen LogP contribution in [0.5, 0.6) is 5.75 Å². The summed E-state index contributed by atoms with van der Waals surface area (Å²) in [5.74, 6) is 2.37. The van der Waals surface area contributed by atoms with Crippen molar-refractivity contribution in [3.05, 3.63) is 59.2 Å². The van der Waals surface area contributed by atoms with E-state index < -0.39 is 5.97 Å². The van der Waals surface area contributed by atoms with E-state index in [1.165, 1.54) is 30.4 Å². The van der Waals surface area contributed by atoms with Crippen molar-refractivity contribution < 1.29 is 14.6 Å². The quantitative estimate of drug-likeness (QED) is 0.844. The van der Waals surface area contributed by atoms with Gasteiger partial charge in [-0.25, -0.2) is 4.79 Å². The standard InChI is InChI=1S/C22H23NO3/c1-26-15-5-2-4-14(11-15)20-19-13-9-8-12(10-13)18(19)16-6-3-7-17(22(24)25)21(16)23-20/h2-7,11-13,18-20,23H,8-10H2,1H3,(H,24,25)/t12-,13+,18+,19+,20+/m0/s1. The largest absolute Gasteiger partial charge is 0.497 e. The molecule has 26 heavy (non-hydrogen) atoms. The lowest BCUT2D eigenvalue weighted by Crippen LogP contribution is -2.36. The van der Waals surface area contributed by atoms with Gasteiger partial charge in [0.1, 0.15) is 5.75 Å². The van der Waals surface area contributed by atoms with Crippen molar-refractivity contribution in [2.45, 2.75) is 31.2 Å². The minimum absolute atomic E-state index is 0.137. The summed E-state index contributed by atoms with van der Waals surface area (Å²) in [4.78, 5) is 11.8. The highest BCUT2D eigenvalue weighted by Gasteiger charge is 2.54. The van der Waals surface area contributed by atoms with E-state index in [0.717, 1.165) is 17.4 Å². The molecule has 5 atom stereocenters. The highest BCUT2D eigenvalue weighted by atomic mass is 16.5. The van der Waals surface area contributed by atoms with Crippen molar-refractivity contribution in [3.8, 4) is 5.75 Å². The molecule has 2 fully saturated rings. The van der Waals surface area contributed by atoms with Crippen molar-refractivity contribution in [3.63, 3.8) is 0 Å². The maximum absolute atomic E-state index is 11.8. The van der Waals surface area contributed by atoms with Crippen molar-refractivity contribution in [1.82, 2.24) is 0 Å². The molecule has 0 amide bonds. The number of hydrogen-bond acceptors (Lipinski definition) is 3. The van der Waals surface area contributed by atoms with E-state index in [0.29, 0.717) is 23.3 Å². The zero-order valence-corrected chi connectivity index (χ0v) is 14.8. The highest BCUT2D eigenvalue weighted by Crippen LogP contribution is 2.64. The molecule has 0 aromatic heterocycles. The number of benzene rings is 2. The molecule has 0 radical (unpaired) electrons. The molecular formula is C22H23NO3. The van der Waals surface area contributed by atoms with Crippen LogP contribution in [0.15, 0.2) is 42.5 Å². The first-order valence-electron chi connectivity index (χ1n) is 9.44.